The van der Waals surface area contributed by atoms with E-state index in [4.69, 9.17) is 86.6 Å². The Morgan fingerprint density at radius 1 is 0.421 bits per heavy atom. The van der Waals surface area contributed by atoms with Crippen LogP contribution in [0.3, 0.4) is 0 Å². The van der Waals surface area contributed by atoms with Crippen molar-refractivity contribution in [2.24, 2.45) is 0 Å². The Kier molecular flexibility index (Phi) is 33.3. The lowest BCUT2D eigenvalue weighted by molar-refractivity contribution is -0.0189. The third-order valence-electron chi connectivity index (χ3n) is 15.4. The van der Waals surface area contributed by atoms with Crippen molar-refractivity contribution in [3.63, 3.8) is 0 Å². The highest BCUT2D eigenvalue weighted by atomic mass is 16.6. The number of anilines is 6. The van der Waals surface area contributed by atoms with Crippen LogP contribution >= 0.6 is 0 Å². The molecule has 0 spiro atoms. The van der Waals surface area contributed by atoms with Gasteiger partial charge in [0.15, 0.2) is 0 Å². The molecular weight excluding hydrogens is 1220 g/mol. The number of hydrogen-bond donors (Lipinski definition) is 3. The molecule has 0 aliphatic carbocycles. The third-order valence-corrected chi connectivity index (χ3v) is 15.4. The van der Waals surface area contributed by atoms with E-state index in [1.54, 1.807) is 39.0 Å². The summed E-state index contributed by atoms with van der Waals surface area (Å²) < 4.78 is 76.7. The summed E-state index contributed by atoms with van der Waals surface area (Å²) in [7, 11) is 3.54. The van der Waals surface area contributed by atoms with Gasteiger partial charge in [-0.05, 0) is 71.1 Å². The van der Waals surface area contributed by atoms with Crippen molar-refractivity contribution < 1.29 is 66.7 Å². The van der Waals surface area contributed by atoms with Crippen LogP contribution in [0, 0.1) is 0 Å². The lowest BCUT2D eigenvalue weighted by atomic mass is 10.1. The molecule has 28 heteroatoms. The molecule has 0 radical (unpaired) electrons. The van der Waals surface area contributed by atoms with Gasteiger partial charge >= 0.3 is 0 Å². The predicted octanol–water partition coefficient (Wildman–Crippen LogP) is 7.70. The summed E-state index contributed by atoms with van der Waals surface area (Å²) in [5, 5.41) is 15.3. The molecule has 7 aromatic rings. The van der Waals surface area contributed by atoms with Crippen LogP contribution in [0.15, 0.2) is 79.4 Å². The van der Waals surface area contributed by atoms with Gasteiger partial charge in [-0.3, -0.25) is 0 Å². The van der Waals surface area contributed by atoms with Crippen molar-refractivity contribution in [3.05, 3.63) is 96.6 Å². The molecule has 1 aromatic carbocycles. The first-order valence-corrected chi connectivity index (χ1v) is 33.2. The van der Waals surface area contributed by atoms with E-state index in [0.29, 0.717) is 193 Å². The van der Waals surface area contributed by atoms with Crippen LogP contribution in [0.4, 0.5) is 35.2 Å². The maximum atomic E-state index is 8.64. The highest BCUT2D eigenvalue weighted by Gasteiger charge is 2.23. The minimum Gasteiger partial charge on any atom is -0.394 e. The summed E-state index contributed by atoms with van der Waals surface area (Å²) in [5.74, 6) is 5.84. The summed E-state index contributed by atoms with van der Waals surface area (Å²) in [5.41, 5.74) is 4.73. The largest absolute Gasteiger partial charge is 0.394 e. The van der Waals surface area contributed by atoms with Crippen molar-refractivity contribution in [1.82, 2.24) is 49.0 Å². The first-order chi connectivity index (χ1) is 46.7. The Morgan fingerprint density at radius 3 is 1.12 bits per heavy atom. The van der Waals surface area contributed by atoms with Gasteiger partial charge < -0.3 is 96.3 Å². The molecular formula is C67H100N14O14. The van der Waals surface area contributed by atoms with E-state index in [9.17, 15) is 0 Å². The number of hydrogen-bond acceptors (Lipinski definition) is 26. The summed E-state index contributed by atoms with van der Waals surface area (Å²) in [6.45, 7) is 22.5. The fourth-order valence-electron chi connectivity index (χ4n) is 10.6. The standard InChI is InChI=1S/C37H53N7O7.C30H47N7O7/c1-29(2)44-33-25-35(41-34-9-12-38-37(42-34)43-13-10-31(45-3)11-14-43)39-26-32(33)40-36(44)28-51-24-22-49-20-18-47-16-15-46-17-19-48-21-23-50-27-30-7-5-4-6-8-30;1-23(2)37-26-20-28(34-27-4-7-31-30(35-27)36-8-5-24(39-3)6-9-36)32-21-25(26)33-29(37)22-44-19-18-43-17-16-42-15-14-41-13-12-40-11-10-38/h4-9,12,25-26,29,31H,10-11,13-24,27-28H2,1-3H3,(H,38,39,41,42);4,7,20-21,23-24,38H,5-6,8-19,22H2,1-3H3,(H,31,32,34,35). The van der Waals surface area contributed by atoms with Crippen LogP contribution in [0.1, 0.15) is 82.7 Å². The molecule has 2 aliphatic rings. The SMILES string of the molecule is COC1CCN(c2nccc(Nc3cc4c(cn3)nc(COCCOCCOCCOCCOCCO)n4C(C)C)n2)CC1.COC1CCN(c2nccc(Nc3cc4c(cn3)nc(COCCOCCOCCOCCOCCOCc3ccccc3)n4C(C)C)n2)CC1. The molecule has 0 atom stereocenters. The number of fused-ring (bicyclic) bond motifs is 2. The van der Waals surface area contributed by atoms with E-state index in [1.165, 1.54) is 0 Å². The molecule has 522 valence electrons. The van der Waals surface area contributed by atoms with E-state index < -0.39 is 0 Å². The number of aliphatic hydroxyl groups excluding tert-OH is 1. The lowest BCUT2D eigenvalue weighted by Gasteiger charge is -2.31. The van der Waals surface area contributed by atoms with Gasteiger partial charge in [-0.25, -0.2) is 29.9 Å². The van der Waals surface area contributed by atoms with Gasteiger partial charge in [0.05, 0.1) is 174 Å². The topological polar surface area (TPSA) is 284 Å². The number of methoxy groups -OCH3 is 2. The number of rotatable bonds is 45. The van der Waals surface area contributed by atoms with Crippen molar-refractivity contribution in [2.75, 3.05) is 193 Å². The number of ether oxygens (including phenoxy) is 13. The Bertz CT molecular complexity index is 3210. The third kappa shape index (κ3) is 25.6. The fraction of sp³-hybridized carbons (Fsp3) is 0.612. The van der Waals surface area contributed by atoms with E-state index in [1.807, 2.05) is 54.6 Å². The Morgan fingerprint density at radius 2 is 0.768 bits per heavy atom. The van der Waals surface area contributed by atoms with Gasteiger partial charge in [-0.2, -0.15) is 9.97 Å². The molecule has 0 saturated carbocycles. The summed E-state index contributed by atoms with van der Waals surface area (Å²) in [6.07, 6.45) is 11.6. The van der Waals surface area contributed by atoms with Crippen LogP contribution in [0.25, 0.3) is 22.1 Å². The normalized spacial score (nSPS) is 14.0. The number of aromatic nitrogens is 10. The molecule has 3 N–H and O–H groups in total. The zero-order valence-corrected chi connectivity index (χ0v) is 56.4. The Labute approximate surface area is 557 Å². The molecule has 2 saturated heterocycles. The summed E-state index contributed by atoms with van der Waals surface area (Å²) in [6, 6.07) is 18.2. The van der Waals surface area contributed by atoms with Gasteiger partial charge in [0.1, 0.15) is 59.2 Å². The lowest BCUT2D eigenvalue weighted by Crippen LogP contribution is -2.37. The van der Waals surface area contributed by atoms with Crippen LogP contribution in [-0.2, 0) is 81.4 Å². The zero-order valence-electron chi connectivity index (χ0n) is 56.4. The van der Waals surface area contributed by atoms with Crippen LogP contribution in [0.2, 0.25) is 0 Å². The minimum atomic E-state index is 0.0213. The van der Waals surface area contributed by atoms with Crippen LogP contribution < -0.4 is 20.4 Å². The maximum Gasteiger partial charge on any atom is 0.227 e. The monoisotopic (exact) mass is 1320 g/mol. The molecule has 95 heavy (non-hydrogen) atoms. The van der Waals surface area contributed by atoms with Crippen molar-refractivity contribution in [2.45, 2.75) is 97.5 Å². The molecule has 2 aliphatic heterocycles. The molecule has 0 amide bonds. The number of pyridine rings is 2. The number of nitrogens with zero attached hydrogens (tertiary/aromatic N) is 12. The zero-order chi connectivity index (χ0) is 66.5. The number of piperidine rings is 2. The minimum absolute atomic E-state index is 0.0213. The average molecular weight is 1330 g/mol. The van der Waals surface area contributed by atoms with E-state index in [0.717, 1.165) is 91.1 Å². The highest BCUT2D eigenvalue weighted by Crippen LogP contribution is 2.28. The van der Waals surface area contributed by atoms with Crippen molar-refractivity contribution in [1.29, 1.82) is 0 Å². The van der Waals surface area contributed by atoms with E-state index >= 15 is 0 Å². The van der Waals surface area contributed by atoms with Crippen molar-refractivity contribution in [3.8, 4) is 0 Å². The second kappa shape index (κ2) is 42.7. The van der Waals surface area contributed by atoms with Crippen molar-refractivity contribution >= 4 is 57.2 Å². The maximum absolute atomic E-state index is 8.64. The molecule has 0 bridgehead atoms. The second-order valence-electron chi connectivity index (χ2n) is 22.9. The molecule has 6 aromatic heterocycles. The number of aliphatic hydroxyl groups is 1. The average Bonchev–Trinajstić information content (AvgIpc) is 1.68. The molecule has 2 fully saturated rings. The van der Waals surface area contributed by atoms with Crippen LogP contribution in [-0.4, -0.2) is 239 Å². The highest BCUT2D eigenvalue weighted by molar-refractivity contribution is 5.80. The predicted molar refractivity (Wildman–Crippen MR) is 360 cm³/mol. The fourth-order valence-corrected chi connectivity index (χ4v) is 10.6. The van der Waals surface area contributed by atoms with Gasteiger partial charge in [-0.1, -0.05) is 30.3 Å². The van der Waals surface area contributed by atoms with Crippen LogP contribution in [0.5, 0.6) is 0 Å². The number of nitrogens with one attached hydrogen (secondary N) is 2. The molecule has 9 rings (SSSR count). The van der Waals surface area contributed by atoms with Gasteiger partial charge in [-0.15, -0.1) is 0 Å². The number of benzene rings is 1. The number of imidazole rings is 2. The summed E-state index contributed by atoms with van der Waals surface area (Å²) in [4.78, 5) is 41.6. The van der Waals surface area contributed by atoms with Gasteiger partial charge in [0.2, 0.25) is 11.9 Å². The molecule has 8 heterocycles. The van der Waals surface area contributed by atoms with Gasteiger partial charge in [0.25, 0.3) is 0 Å². The van der Waals surface area contributed by atoms with E-state index in [-0.39, 0.29) is 18.7 Å². The Balaban J connectivity index is 0.000000246. The first-order valence-electron chi connectivity index (χ1n) is 33.2. The second-order valence-corrected chi connectivity index (χ2v) is 22.9. The smallest absolute Gasteiger partial charge is 0.227 e. The summed E-state index contributed by atoms with van der Waals surface area (Å²) >= 11 is 0. The first kappa shape index (κ1) is 74.1. The molecule has 0 unspecified atom stereocenters. The Hall–Kier alpha value is -6.74. The molecule has 28 nitrogen and oxygen atoms in total. The van der Waals surface area contributed by atoms with Gasteiger partial charge in [0, 0.05) is 77.0 Å². The van der Waals surface area contributed by atoms with E-state index in [2.05, 4.69) is 77.2 Å². The quantitative estimate of drug-likeness (QED) is 0.0308.